The zero-order chi connectivity index (χ0) is 10.2. The molecule has 0 aliphatic carbocycles. The SMILES string of the molecule is C=C1CCC(/C=C/CC/C=C/CC)O1. The van der Waals surface area contributed by atoms with Gasteiger partial charge in [0.1, 0.15) is 6.10 Å². The summed E-state index contributed by atoms with van der Waals surface area (Å²) in [5, 5.41) is 0. The van der Waals surface area contributed by atoms with Crippen molar-refractivity contribution in [1.29, 1.82) is 0 Å². The van der Waals surface area contributed by atoms with Gasteiger partial charge in [0.2, 0.25) is 0 Å². The molecule has 1 atom stereocenters. The maximum atomic E-state index is 5.49. The van der Waals surface area contributed by atoms with Crippen LogP contribution < -0.4 is 0 Å². The second kappa shape index (κ2) is 6.47. The summed E-state index contributed by atoms with van der Waals surface area (Å²) >= 11 is 0. The van der Waals surface area contributed by atoms with Crippen LogP contribution in [0.15, 0.2) is 36.6 Å². The lowest BCUT2D eigenvalue weighted by Crippen LogP contribution is -1.97. The first-order valence-electron chi connectivity index (χ1n) is 5.49. The van der Waals surface area contributed by atoms with Gasteiger partial charge in [-0.15, -0.1) is 0 Å². The van der Waals surface area contributed by atoms with Crippen molar-refractivity contribution < 1.29 is 4.74 Å². The molecule has 0 bridgehead atoms. The van der Waals surface area contributed by atoms with Crippen molar-refractivity contribution in [2.45, 2.75) is 45.1 Å². The Labute approximate surface area is 87.2 Å². The minimum atomic E-state index is 0.289. The predicted molar refractivity (Wildman–Crippen MR) is 61.1 cm³/mol. The maximum Gasteiger partial charge on any atom is 0.117 e. The Bertz CT molecular complexity index is 225. The number of unbranched alkanes of at least 4 members (excludes halogenated alkanes) is 1. The van der Waals surface area contributed by atoms with E-state index in [4.69, 9.17) is 4.74 Å². The van der Waals surface area contributed by atoms with Gasteiger partial charge in [-0.3, -0.25) is 0 Å². The van der Waals surface area contributed by atoms with Crippen LogP contribution >= 0.6 is 0 Å². The topological polar surface area (TPSA) is 9.23 Å². The molecule has 0 radical (unpaired) electrons. The standard InChI is InChI=1S/C13H20O/c1-3-4-5-6-7-8-9-13-11-10-12(2)14-13/h4-5,8-9,13H,2-3,6-7,10-11H2,1H3/b5-4+,9-8+. The summed E-state index contributed by atoms with van der Waals surface area (Å²) in [7, 11) is 0. The van der Waals surface area contributed by atoms with Crippen LogP contribution in [0.4, 0.5) is 0 Å². The molecule has 1 rings (SSSR count). The number of rotatable bonds is 5. The van der Waals surface area contributed by atoms with E-state index < -0.39 is 0 Å². The van der Waals surface area contributed by atoms with E-state index in [0.29, 0.717) is 0 Å². The lowest BCUT2D eigenvalue weighted by Gasteiger charge is -2.03. The van der Waals surface area contributed by atoms with E-state index in [9.17, 15) is 0 Å². The van der Waals surface area contributed by atoms with Crippen LogP contribution in [0.5, 0.6) is 0 Å². The van der Waals surface area contributed by atoms with E-state index in [-0.39, 0.29) is 6.10 Å². The number of hydrogen-bond donors (Lipinski definition) is 0. The Morgan fingerprint density at radius 2 is 2.14 bits per heavy atom. The third-order valence-electron chi connectivity index (χ3n) is 2.28. The summed E-state index contributed by atoms with van der Waals surface area (Å²) in [6, 6.07) is 0. The smallest absolute Gasteiger partial charge is 0.117 e. The first-order chi connectivity index (χ1) is 6.83. The van der Waals surface area contributed by atoms with Gasteiger partial charge in [-0.1, -0.05) is 31.7 Å². The highest BCUT2D eigenvalue weighted by Crippen LogP contribution is 2.22. The summed E-state index contributed by atoms with van der Waals surface area (Å²) < 4.78 is 5.49. The molecular formula is C13H20O. The Morgan fingerprint density at radius 3 is 2.79 bits per heavy atom. The summed E-state index contributed by atoms with van der Waals surface area (Å²) in [6.07, 6.45) is 14.6. The highest BCUT2D eigenvalue weighted by molar-refractivity contribution is 5.01. The minimum absolute atomic E-state index is 0.289. The fraction of sp³-hybridized carbons (Fsp3) is 0.538. The van der Waals surface area contributed by atoms with Gasteiger partial charge in [-0.2, -0.15) is 0 Å². The van der Waals surface area contributed by atoms with E-state index in [2.05, 4.69) is 37.8 Å². The van der Waals surface area contributed by atoms with Crippen LogP contribution in [0.25, 0.3) is 0 Å². The van der Waals surface area contributed by atoms with Crippen LogP contribution in [-0.2, 0) is 4.74 Å². The quantitative estimate of drug-likeness (QED) is 0.473. The second-order valence-electron chi connectivity index (χ2n) is 3.62. The first kappa shape index (κ1) is 11.1. The molecule has 1 aliphatic rings. The van der Waals surface area contributed by atoms with Crippen molar-refractivity contribution in [3.63, 3.8) is 0 Å². The Kier molecular flexibility index (Phi) is 5.13. The highest BCUT2D eigenvalue weighted by atomic mass is 16.5. The fourth-order valence-corrected chi connectivity index (χ4v) is 1.50. The highest BCUT2D eigenvalue weighted by Gasteiger charge is 2.15. The predicted octanol–water partition coefficient (Wildman–Crippen LogP) is 3.98. The van der Waals surface area contributed by atoms with Gasteiger partial charge >= 0.3 is 0 Å². The molecule has 0 spiro atoms. The number of hydrogen-bond acceptors (Lipinski definition) is 1. The van der Waals surface area contributed by atoms with E-state index in [1.807, 2.05) is 0 Å². The number of ether oxygens (including phenoxy) is 1. The van der Waals surface area contributed by atoms with Crippen LogP contribution in [0.2, 0.25) is 0 Å². The van der Waals surface area contributed by atoms with Crippen molar-refractivity contribution in [2.75, 3.05) is 0 Å². The average Bonchev–Trinajstić information content (AvgIpc) is 2.58. The largest absolute Gasteiger partial charge is 0.491 e. The summed E-state index contributed by atoms with van der Waals surface area (Å²) in [4.78, 5) is 0. The van der Waals surface area contributed by atoms with Gasteiger partial charge in [0.15, 0.2) is 0 Å². The van der Waals surface area contributed by atoms with E-state index in [1.165, 1.54) is 0 Å². The van der Waals surface area contributed by atoms with Gasteiger partial charge in [0, 0.05) is 6.42 Å². The molecule has 1 fully saturated rings. The van der Waals surface area contributed by atoms with Crippen LogP contribution in [0, 0.1) is 0 Å². The normalized spacial score (nSPS) is 22.4. The molecule has 0 N–H and O–H groups in total. The van der Waals surface area contributed by atoms with E-state index >= 15 is 0 Å². The molecule has 1 heterocycles. The Morgan fingerprint density at radius 1 is 1.36 bits per heavy atom. The lowest BCUT2D eigenvalue weighted by atomic mass is 10.2. The molecule has 1 nitrogen and oxygen atoms in total. The molecule has 1 saturated heterocycles. The van der Waals surface area contributed by atoms with Crippen molar-refractivity contribution in [2.24, 2.45) is 0 Å². The van der Waals surface area contributed by atoms with Gasteiger partial charge in [-0.05, 0) is 31.8 Å². The zero-order valence-electron chi connectivity index (χ0n) is 9.04. The third kappa shape index (κ3) is 4.31. The van der Waals surface area contributed by atoms with Crippen LogP contribution in [0.3, 0.4) is 0 Å². The second-order valence-corrected chi connectivity index (χ2v) is 3.62. The van der Waals surface area contributed by atoms with Crippen molar-refractivity contribution in [3.8, 4) is 0 Å². The molecule has 0 aromatic heterocycles. The molecule has 78 valence electrons. The van der Waals surface area contributed by atoms with Gasteiger partial charge in [0.05, 0.1) is 5.76 Å². The molecule has 0 amide bonds. The zero-order valence-corrected chi connectivity index (χ0v) is 9.04. The maximum absolute atomic E-state index is 5.49. The van der Waals surface area contributed by atoms with Crippen molar-refractivity contribution in [3.05, 3.63) is 36.6 Å². The van der Waals surface area contributed by atoms with Crippen molar-refractivity contribution in [1.82, 2.24) is 0 Å². The summed E-state index contributed by atoms with van der Waals surface area (Å²) in [6.45, 7) is 5.96. The van der Waals surface area contributed by atoms with E-state index in [1.54, 1.807) is 0 Å². The first-order valence-corrected chi connectivity index (χ1v) is 5.49. The number of allylic oxidation sites excluding steroid dienone is 4. The van der Waals surface area contributed by atoms with Gasteiger partial charge in [-0.25, -0.2) is 0 Å². The molecule has 14 heavy (non-hydrogen) atoms. The Hall–Kier alpha value is -0.980. The van der Waals surface area contributed by atoms with Gasteiger partial charge in [0.25, 0.3) is 0 Å². The monoisotopic (exact) mass is 192 g/mol. The average molecular weight is 192 g/mol. The van der Waals surface area contributed by atoms with Crippen molar-refractivity contribution >= 4 is 0 Å². The molecule has 1 heteroatoms. The van der Waals surface area contributed by atoms with E-state index in [0.717, 1.165) is 37.9 Å². The van der Waals surface area contributed by atoms with Crippen LogP contribution in [-0.4, -0.2) is 6.10 Å². The minimum Gasteiger partial charge on any atom is -0.491 e. The third-order valence-corrected chi connectivity index (χ3v) is 2.28. The van der Waals surface area contributed by atoms with Gasteiger partial charge < -0.3 is 4.74 Å². The summed E-state index contributed by atoms with van der Waals surface area (Å²) in [5.74, 6) is 0.936. The fourth-order valence-electron chi connectivity index (χ4n) is 1.50. The summed E-state index contributed by atoms with van der Waals surface area (Å²) in [5.41, 5.74) is 0. The lowest BCUT2D eigenvalue weighted by molar-refractivity contribution is 0.202. The molecule has 1 aliphatic heterocycles. The molecule has 1 unspecified atom stereocenters. The Balaban J connectivity index is 2.08. The molecule has 0 saturated carbocycles. The van der Waals surface area contributed by atoms with Crippen LogP contribution in [0.1, 0.15) is 39.0 Å². The molecular weight excluding hydrogens is 172 g/mol. The molecule has 0 aromatic carbocycles. The molecule has 0 aromatic rings.